The Kier molecular flexibility index (Phi) is 5.20. The Morgan fingerprint density at radius 2 is 2.09 bits per heavy atom. The number of aromatic nitrogens is 2. The van der Waals surface area contributed by atoms with Crippen molar-refractivity contribution in [3.63, 3.8) is 0 Å². The van der Waals surface area contributed by atoms with Crippen molar-refractivity contribution in [3.05, 3.63) is 46.7 Å². The fourth-order valence-electron chi connectivity index (χ4n) is 3.04. The number of halogens is 1. The average molecular weight is 336 g/mol. The van der Waals surface area contributed by atoms with E-state index in [1.54, 1.807) is 7.11 Å². The maximum Gasteiger partial charge on any atom is 0.119 e. The molecule has 0 saturated heterocycles. The number of methoxy groups -OCH3 is 1. The van der Waals surface area contributed by atoms with Gasteiger partial charge in [-0.15, -0.1) is 0 Å². The molecule has 0 aliphatic carbocycles. The Labute approximate surface area is 141 Å². The zero-order valence-corrected chi connectivity index (χ0v) is 14.3. The van der Waals surface area contributed by atoms with Crippen LogP contribution in [0, 0.1) is 0 Å². The van der Waals surface area contributed by atoms with Crippen LogP contribution in [0.1, 0.15) is 17.2 Å². The van der Waals surface area contributed by atoms with Crippen molar-refractivity contribution in [3.8, 4) is 5.75 Å². The molecule has 0 amide bonds. The molecule has 124 valence electrons. The van der Waals surface area contributed by atoms with Crippen molar-refractivity contribution in [1.82, 2.24) is 14.7 Å². The van der Waals surface area contributed by atoms with E-state index in [9.17, 15) is 0 Å². The largest absolute Gasteiger partial charge is 0.492 e. The molecule has 2 heterocycles. The lowest BCUT2D eigenvalue weighted by atomic mass is 9.95. The van der Waals surface area contributed by atoms with Crippen LogP contribution in [0.15, 0.2) is 30.5 Å². The standard InChI is InChI=1S/C17H22ClN3O2/c1-20-17-11-21(10-13(12-22-2)16(17)9-19-20)7-8-23-15-5-3-14(18)4-6-15/h3-6,9,13H,7-8,10-12H2,1-2H3/t13-/m1/s1. The molecule has 0 radical (unpaired) electrons. The third-order valence-corrected chi connectivity index (χ3v) is 4.50. The van der Waals surface area contributed by atoms with E-state index >= 15 is 0 Å². The summed E-state index contributed by atoms with van der Waals surface area (Å²) in [5.41, 5.74) is 2.58. The van der Waals surface area contributed by atoms with Gasteiger partial charge < -0.3 is 9.47 Å². The topological polar surface area (TPSA) is 39.5 Å². The van der Waals surface area contributed by atoms with E-state index in [0.717, 1.165) is 30.4 Å². The lowest BCUT2D eigenvalue weighted by Crippen LogP contribution is -2.38. The zero-order valence-electron chi connectivity index (χ0n) is 13.5. The Balaban J connectivity index is 1.58. The molecule has 0 bridgehead atoms. The molecular formula is C17H22ClN3O2. The molecule has 0 fully saturated rings. The highest BCUT2D eigenvalue weighted by atomic mass is 35.5. The minimum Gasteiger partial charge on any atom is -0.492 e. The molecule has 6 heteroatoms. The van der Waals surface area contributed by atoms with Gasteiger partial charge in [-0.05, 0) is 24.3 Å². The summed E-state index contributed by atoms with van der Waals surface area (Å²) >= 11 is 5.88. The summed E-state index contributed by atoms with van der Waals surface area (Å²) in [7, 11) is 3.75. The van der Waals surface area contributed by atoms with E-state index in [4.69, 9.17) is 21.1 Å². The molecule has 0 N–H and O–H groups in total. The van der Waals surface area contributed by atoms with Crippen molar-refractivity contribution < 1.29 is 9.47 Å². The Morgan fingerprint density at radius 3 is 2.83 bits per heavy atom. The lowest BCUT2D eigenvalue weighted by molar-refractivity contribution is 0.126. The molecule has 1 aromatic carbocycles. The molecule has 1 atom stereocenters. The van der Waals surface area contributed by atoms with E-state index in [1.165, 1.54) is 11.3 Å². The summed E-state index contributed by atoms with van der Waals surface area (Å²) in [6.45, 7) is 4.10. The SMILES string of the molecule is COC[C@H]1CN(CCOc2ccc(Cl)cc2)Cc2c1cnn2C. The van der Waals surface area contributed by atoms with E-state index in [-0.39, 0.29) is 0 Å². The van der Waals surface area contributed by atoms with Crippen molar-refractivity contribution >= 4 is 11.6 Å². The molecule has 1 aliphatic rings. The zero-order chi connectivity index (χ0) is 16.2. The van der Waals surface area contributed by atoms with Crippen molar-refractivity contribution in [1.29, 1.82) is 0 Å². The molecular weight excluding hydrogens is 314 g/mol. The molecule has 0 unspecified atom stereocenters. The van der Waals surface area contributed by atoms with Crippen molar-refractivity contribution in [2.24, 2.45) is 7.05 Å². The molecule has 1 aromatic heterocycles. The van der Waals surface area contributed by atoms with Crippen LogP contribution < -0.4 is 4.74 Å². The van der Waals surface area contributed by atoms with Crippen LogP contribution in [-0.4, -0.2) is 48.1 Å². The van der Waals surface area contributed by atoms with Crippen molar-refractivity contribution in [2.75, 3.05) is 33.4 Å². The van der Waals surface area contributed by atoms with Crippen LogP contribution >= 0.6 is 11.6 Å². The number of hydrogen-bond acceptors (Lipinski definition) is 4. The first-order valence-electron chi connectivity index (χ1n) is 7.78. The number of fused-ring (bicyclic) bond motifs is 1. The van der Waals surface area contributed by atoms with Crippen LogP contribution in [0.25, 0.3) is 0 Å². The number of ether oxygens (including phenoxy) is 2. The minimum absolute atomic E-state index is 0.369. The molecule has 0 spiro atoms. The third kappa shape index (κ3) is 3.86. The lowest BCUT2D eigenvalue weighted by Gasteiger charge is -2.32. The molecule has 0 saturated carbocycles. The van der Waals surface area contributed by atoms with Gasteiger partial charge in [0.15, 0.2) is 0 Å². The summed E-state index contributed by atoms with van der Waals surface area (Å²) in [5.74, 6) is 1.22. The van der Waals surface area contributed by atoms with Crippen LogP contribution in [0.5, 0.6) is 5.75 Å². The fourth-order valence-corrected chi connectivity index (χ4v) is 3.16. The van der Waals surface area contributed by atoms with Gasteiger partial charge in [0.05, 0.1) is 18.5 Å². The van der Waals surface area contributed by atoms with E-state index < -0.39 is 0 Å². The molecule has 3 rings (SSSR count). The van der Waals surface area contributed by atoms with Gasteiger partial charge in [-0.3, -0.25) is 9.58 Å². The first kappa shape index (κ1) is 16.3. The fraction of sp³-hybridized carbons (Fsp3) is 0.471. The normalized spacial score (nSPS) is 18.0. The van der Waals surface area contributed by atoms with Gasteiger partial charge in [0, 0.05) is 50.3 Å². The van der Waals surface area contributed by atoms with Gasteiger partial charge >= 0.3 is 0 Å². The highest BCUT2D eigenvalue weighted by molar-refractivity contribution is 6.30. The van der Waals surface area contributed by atoms with Gasteiger partial charge in [-0.1, -0.05) is 11.6 Å². The van der Waals surface area contributed by atoms with E-state index in [0.29, 0.717) is 19.1 Å². The van der Waals surface area contributed by atoms with Gasteiger partial charge in [-0.2, -0.15) is 5.10 Å². The Bertz CT molecular complexity index is 642. The highest BCUT2D eigenvalue weighted by Crippen LogP contribution is 2.28. The van der Waals surface area contributed by atoms with Crippen LogP contribution in [0.4, 0.5) is 0 Å². The maximum atomic E-state index is 5.88. The first-order chi connectivity index (χ1) is 11.2. The van der Waals surface area contributed by atoms with Crippen LogP contribution in [0.2, 0.25) is 5.02 Å². The number of rotatable bonds is 6. The van der Waals surface area contributed by atoms with E-state index in [2.05, 4.69) is 10.00 Å². The summed E-state index contributed by atoms with van der Waals surface area (Å²) in [5, 5.41) is 5.11. The van der Waals surface area contributed by atoms with Crippen molar-refractivity contribution in [2.45, 2.75) is 12.5 Å². The molecule has 1 aliphatic heterocycles. The second-order valence-electron chi connectivity index (χ2n) is 5.86. The summed E-state index contributed by atoms with van der Waals surface area (Å²) in [6.07, 6.45) is 1.97. The summed E-state index contributed by atoms with van der Waals surface area (Å²) in [6, 6.07) is 7.47. The molecule has 23 heavy (non-hydrogen) atoms. The first-order valence-corrected chi connectivity index (χ1v) is 8.15. The van der Waals surface area contributed by atoms with Gasteiger partial charge in [0.1, 0.15) is 12.4 Å². The van der Waals surface area contributed by atoms with E-state index in [1.807, 2.05) is 42.2 Å². The number of benzene rings is 1. The smallest absolute Gasteiger partial charge is 0.119 e. The number of hydrogen-bond donors (Lipinski definition) is 0. The monoisotopic (exact) mass is 335 g/mol. The maximum absolute atomic E-state index is 5.88. The average Bonchev–Trinajstić information content (AvgIpc) is 2.91. The van der Waals surface area contributed by atoms with Crippen LogP contribution in [0.3, 0.4) is 0 Å². The Hall–Kier alpha value is -1.56. The Morgan fingerprint density at radius 1 is 1.30 bits per heavy atom. The number of nitrogens with zero attached hydrogens (tertiary/aromatic N) is 3. The predicted octanol–water partition coefficient (Wildman–Crippen LogP) is 2.70. The number of aryl methyl sites for hydroxylation is 1. The predicted molar refractivity (Wildman–Crippen MR) is 90.0 cm³/mol. The summed E-state index contributed by atoms with van der Waals surface area (Å²) in [4.78, 5) is 2.39. The second kappa shape index (κ2) is 7.34. The third-order valence-electron chi connectivity index (χ3n) is 4.24. The highest BCUT2D eigenvalue weighted by Gasteiger charge is 2.27. The van der Waals surface area contributed by atoms with Gasteiger partial charge in [0.2, 0.25) is 0 Å². The second-order valence-corrected chi connectivity index (χ2v) is 6.30. The summed E-state index contributed by atoms with van der Waals surface area (Å²) < 4.78 is 13.1. The quantitative estimate of drug-likeness (QED) is 0.813. The molecule has 2 aromatic rings. The van der Waals surface area contributed by atoms with Crippen LogP contribution in [-0.2, 0) is 18.3 Å². The van der Waals surface area contributed by atoms with Gasteiger partial charge in [0.25, 0.3) is 0 Å². The molecule has 5 nitrogen and oxygen atoms in total. The minimum atomic E-state index is 0.369. The van der Waals surface area contributed by atoms with Gasteiger partial charge in [-0.25, -0.2) is 0 Å².